The third-order valence-corrected chi connectivity index (χ3v) is 1.93. The molecule has 13 heavy (non-hydrogen) atoms. The summed E-state index contributed by atoms with van der Waals surface area (Å²) in [6, 6.07) is 0. The van der Waals surface area contributed by atoms with Gasteiger partial charge in [-0.25, -0.2) is 0 Å². The summed E-state index contributed by atoms with van der Waals surface area (Å²) >= 11 is 0. The molecule has 0 saturated carbocycles. The summed E-state index contributed by atoms with van der Waals surface area (Å²) in [7, 11) is 0. The molecule has 0 unspecified atom stereocenters. The van der Waals surface area contributed by atoms with Crippen LogP contribution < -0.4 is 5.32 Å². The molecule has 0 aromatic heterocycles. The predicted octanol–water partition coefficient (Wildman–Crippen LogP) is 2.58. The lowest BCUT2D eigenvalue weighted by Crippen LogP contribution is -2.29. The monoisotopic (exact) mass is 185 g/mol. The van der Waals surface area contributed by atoms with E-state index in [0.717, 1.165) is 19.4 Å². The van der Waals surface area contributed by atoms with Crippen LogP contribution in [0.25, 0.3) is 0 Å². The van der Waals surface area contributed by atoms with E-state index in [1.807, 2.05) is 13.8 Å². The Bertz CT molecular complexity index is 156. The predicted molar refractivity (Wildman–Crippen MR) is 56.5 cm³/mol. The van der Waals surface area contributed by atoms with Gasteiger partial charge in [0.15, 0.2) is 0 Å². The summed E-state index contributed by atoms with van der Waals surface area (Å²) in [6.45, 7) is 11.3. The quantitative estimate of drug-likeness (QED) is 0.670. The molecule has 0 aromatic rings. The topological polar surface area (TPSA) is 29.1 Å². The Morgan fingerprint density at radius 2 is 1.85 bits per heavy atom. The SMILES string of the molecule is CC(C)C(=O)NCCCC(C)(C)C. The van der Waals surface area contributed by atoms with E-state index >= 15 is 0 Å². The van der Waals surface area contributed by atoms with Crippen molar-refractivity contribution in [1.82, 2.24) is 5.32 Å². The van der Waals surface area contributed by atoms with Crippen molar-refractivity contribution in [2.45, 2.75) is 47.5 Å². The number of carbonyl (C=O) groups excluding carboxylic acids is 1. The summed E-state index contributed by atoms with van der Waals surface area (Å²) in [5.41, 5.74) is 0.378. The molecule has 2 nitrogen and oxygen atoms in total. The number of hydrogen-bond donors (Lipinski definition) is 1. The largest absolute Gasteiger partial charge is 0.356 e. The molecule has 2 heteroatoms. The van der Waals surface area contributed by atoms with Gasteiger partial charge in [0.1, 0.15) is 0 Å². The lowest BCUT2D eigenvalue weighted by atomic mass is 9.91. The molecular weight excluding hydrogens is 162 g/mol. The average Bonchev–Trinajstić information content (AvgIpc) is 1.95. The van der Waals surface area contributed by atoms with Gasteiger partial charge in [0.05, 0.1) is 0 Å². The maximum Gasteiger partial charge on any atom is 0.222 e. The van der Waals surface area contributed by atoms with Crippen molar-refractivity contribution in [3.63, 3.8) is 0 Å². The molecule has 0 aliphatic rings. The van der Waals surface area contributed by atoms with E-state index < -0.39 is 0 Å². The van der Waals surface area contributed by atoms with E-state index in [1.54, 1.807) is 0 Å². The molecule has 0 radical (unpaired) electrons. The second-order valence-electron chi connectivity index (χ2n) is 5.11. The van der Waals surface area contributed by atoms with Crippen LogP contribution in [-0.4, -0.2) is 12.5 Å². The molecule has 0 heterocycles. The van der Waals surface area contributed by atoms with Crippen molar-refractivity contribution in [2.24, 2.45) is 11.3 Å². The zero-order valence-corrected chi connectivity index (χ0v) is 9.61. The minimum atomic E-state index is 0.106. The Morgan fingerprint density at radius 1 is 1.31 bits per heavy atom. The van der Waals surface area contributed by atoms with Gasteiger partial charge >= 0.3 is 0 Å². The van der Waals surface area contributed by atoms with E-state index in [9.17, 15) is 4.79 Å². The van der Waals surface area contributed by atoms with Crippen molar-refractivity contribution in [1.29, 1.82) is 0 Å². The molecule has 0 bridgehead atoms. The maximum atomic E-state index is 11.2. The van der Waals surface area contributed by atoms with Gasteiger partial charge in [-0.2, -0.15) is 0 Å². The molecular formula is C11H23NO. The summed E-state index contributed by atoms with van der Waals surface area (Å²) in [4.78, 5) is 11.2. The molecule has 0 spiro atoms. The minimum absolute atomic E-state index is 0.106. The number of hydrogen-bond acceptors (Lipinski definition) is 1. The fraction of sp³-hybridized carbons (Fsp3) is 0.909. The van der Waals surface area contributed by atoms with E-state index in [1.165, 1.54) is 0 Å². The first-order valence-corrected chi connectivity index (χ1v) is 5.10. The van der Waals surface area contributed by atoms with Gasteiger partial charge in [0, 0.05) is 12.5 Å². The fourth-order valence-corrected chi connectivity index (χ4v) is 1.03. The first-order valence-electron chi connectivity index (χ1n) is 5.10. The Kier molecular flexibility index (Phi) is 5.04. The fourth-order valence-electron chi connectivity index (χ4n) is 1.03. The number of rotatable bonds is 4. The van der Waals surface area contributed by atoms with Gasteiger partial charge in [-0.05, 0) is 18.3 Å². The Hall–Kier alpha value is -0.530. The smallest absolute Gasteiger partial charge is 0.222 e. The second kappa shape index (κ2) is 5.25. The van der Waals surface area contributed by atoms with Crippen LogP contribution in [0.15, 0.2) is 0 Å². The molecule has 1 amide bonds. The van der Waals surface area contributed by atoms with Crippen LogP contribution in [0.4, 0.5) is 0 Å². The highest BCUT2D eigenvalue weighted by atomic mass is 16.1. The Morgan fingerprint density at radius 3 is 2.23 bits per heavy atom. The third-order valence-electron chi connectivity index (χ3n) is 1.93. The van der Waals surface area contributed by atoms with Crippen LogP contribution in [0.2, 0.25) is 0 Å². The molecule has 0 aliphatic carbocycles. The van der Waals surface area contributed by atoms with E-state index in [-0.39, 0.29) is 11.8 Å². The highest BCUT2D eigenvalue weighted by Gasteiger charge is 2.10. The van der Waals surface area contributed by atoms with Gasteiger partial charge in [-0.15, -0.1) is 0 Å². The lowest BCUT2D eigenvalue weighted by molar-refractivity contribution is -0.124. The second-order valence-corrected chi connectivity index (χ2v) is 5.11. The minimum Gasteiger partial charge on any atom is -0.356 e. The zero-order valence-electron chi connectivity index (χ0n) is 9.61. The van der Waals surface area contributed by atoms with Crippen LogP contribution in [0.1, 0.15) is 47.5 Å². The lowest BCUT2D eigenvalue weighted by Gasteiger charge is -2.17. The van der Waals surface area contributed by atoms with Crippen molar-refractivity contribution in [2.75, 3.05) is 6.54 Å². The zero-order chi connectivity index (χ0) is 10.5. The normalized spacial score (nSPS) is 11.8. The summed E-state index contributed by atoms with van der Waals surface area (Å²) < 4.78 is 0. The molecule has 0 atom stereocenters. The van der Waals surface area contributed by atoms with Crippen LogP contribution >= 0.6 is 0 Å². The van der Waals surface area contributed by atoms with Crippen molar-refractivity contribution < 1.29 is 4.79 Å². The molecule has 78 valence electrons. The summed E-state index contributed by atoms with van der Waals surface area (Å²) in [5.74, 6) is 0.267. The van der Waals surface area contributed by atoms with Gasteiger partial charge in [-0.1, -0.05) is 34.6 Å². The number of nitrogens with one attached hydrogen (secondary N) is 1. The van der Waals surface area contributed by atoms with Crippen LogP contribution in [0.5, 0.6) is 0 Å². The highest BCUT2D eigenvalue weighted by Crippen LogP contribution is 2.19. The summed E-state index contributed by atoms with van der Waals surface area (Å²) in [5, 5.41) is 2.92. The van der Waals surface area contributed by atoms with E-state index in [0.29, 0.717) is 5.41 Å². The van der Waals surface area contributed by atoms with Gasteiger partial charge in [0.25, 0.3) is 0 Å². The van der Waals surface area contributed by atoms with Gasteiger partial charge in [-0.3, -0.25) is 4.79 Å². The van der Waals surface area contributed by atoms with E-state index in [2.05, 4.69) is 26.1 Å². The highest BCUT2D eigenvalue weighted by molar-refractivity contribution is 5.77. The standard InChI is InChI=1S/C11H23NO/c1-9(2)10(13)12-8-6-7-11(3,4)5/h9H,6-8H2,1-5H3,(H,12,13). The Balaban J connectivity index is 3.42. The summed E-state index contributed by atoms with van der Waals surface area (Å²) in [6.07, 6.45) is 2.23. The van der Waals surface area contributed by atoms with Crippen molar-refractivity contribution in [3.8, 4) is 0 Å². The number of carbonyl (C=O) groups is 1. The van der Waals surface area contributed by atoms with Crippen LogP contribution in [0.3, 0.4) is 0 Å². The van der Waals surface area contributed by atoms with Crippen molar-refractivity contribution in [3.05, 3.63) is 0 Å². The van der Waals surface area contributed by atoms with Gasteiger partial charge in [0.2, 0.25) is 5.91 Å². The third kappa shape index (κ3) is 7.82. The van der Waals surface area contributed by atoms with E-state index in [4.69, 9.17) is 0 Å². The van der Waals surface area contributed by atoms with Gasteiger partial charge < -0.3 is 5.32 Å². The van der Waals surface area contributed by atoms with Crippen molar-refractivity contribution >= 4 is 5.91 Å². The first-order chi connectivity index (χ1) is 5.83. The van der Waals surface area contributed by atoms with Crippen LogP contribution in [0, 0.1) is 11.3 Å². The average molecular weight is 185 g/mol. The molecule has 0 fully saturated rings. The molecule has 0 rings (SSSR count). The van der Waals surface area contributed by atoms with Crippen LogP contribution in [-0.2, 0) is 4.79 Å². The molecule has 1 N–H and O–H groups in total. The molecule has 0 aliphatic heterocycles. The first kappa shape index (κ1) is 12.5. The Labute approximate surface area is 82.1 Å². The maximum absolute atomic E-state index is 11.2. The molecule has 0 saturated heterocycles. The number of amides is 1. The molecule has 0 aromatic carbocycles.